The van der Waals surface area contributed by atoms with Gasteiger partial charge in [0, 0.05) is 35.4 Å². The van der Waals surface area contributed by atoms with Crippen LogP contribution in [0.1, 0.15) is 48.7 Å². The van der Waals surface area contributed by atoms with E-state index in [1.807, 2.05) is 94.4 Å². The Morgan fingerprint density at radius 1 is 0.857 bits per heavy atom. The monoisotopic (exact) mass is 590 g/mol. The van der Waals surface area contributed by atoms with E-state index in [9.17, 15) is 9.59 Å². The lowest BCUT2D eigenvalue weighted by Crippen LogP contribution is -2.32. The molecule has 0 saturated carbocycles. The molecular formula is C32H35ClN4O5. The zero-order valence-corrected chi connectivity index (χ0v) is 24.9. The third-order valence-corrected chi connectivity index (χ3v) is 6.23. The maximum atomic E-state index is 12.5. The van der Waals surface area contributed by atoms with Crippen LogP contribution in [0.4, 0.5) is 9.59 Å². The van der Waals surface area contributed by atoms with Gasteiger partial charge in [-0.15, -0.1) is 5.10 Å². The van der Waals surface area contributed by atoms with Gasteiger partial charge in [-0.1, -0.05) is 66.2 Å². The van der Waals surface area contributed by atoms with Crippen molar-refractivity contribution in [3.8, 4) is 11.6 Å². The van der Waals surface area contributed by atoms with E-state index in [4.69, 9.17) is 25.8 Å². The number of hydrogen-bond donors (Lipinski definition) is 2. The summed E-state index contributed by atoms with van der Waals surface area (Å²) in [6, 6.07) is 24.6. The van der Waals surface area contributed by atoms with Crippen LogP contribution in [-0.4, -0.2) is 27.6 Å². The molecule has 4 aromatic rings. The second-order valence-electron chi connectivity index (χ2n) is 10.7. The lowest BCUT2D eigenvalue weighted by Gasteiger charge is -2.19. The average Bonchev–Trinajstić information content (AvgIpc) is 3.28. The Hall–Kier alpha value is -4.50. The predicted molar refractivity (Wildman–Crippen MR) is 161 cm³/mol. The molecule has 0 atom stereocenters. The summed E-state index contributed by atoms with van der Waals surface area (Å²) in [6.07, 6.45) is -1.12. The number of aryl methyl sites for hydroxylation is 1. The van der Waals surface area contributed by atoms with Crippen LogP contribution >= 0.6 is 11.6 Å². The van der Waals surface area contributed by atoms with Crippen molar-refractivity contribution < 1.29 is 23.8 Å². The second-order valence-corrected chi connectivity index (χ2v) is 11.2. The first kappa shape index (κ1) is 30.5. The quantitative estimate of drug-likeness (QED) is 0.211. The van der Waals surface area contributed by atoms with Gasteiger partial charge >= 0.3 is 12.2 Å². The topological polar surface area (TPSA) is 104 Å². The zero-order chi connectivity index (χ0) is 30.1. The van der Waals surface area contributed by atoms with Crippen molar-refractivity contribution in [2.75, 3.05) is 0 Å². The van der Waals surface area contributed by atoms with E-state index in [2.05, 4.69) is 15.7 Å². The van der Waals surface area contributed by atoms with E-state index in [1.54, 1.807) is 16.8 Å². The summed E-state index contributed by atoms with van der Waals surface area (Å²) in [5, 5.41) is 10.5. The molecule has 0 fully saturated rings. The fourth-order valence-electron chi connectivity index (χ4n) is 4.04. The number of nitrogens with one attached hydrogen (secondary N) is 2. The molecule has 3 aromatic carbocycles. The minimum Gasteiger partial charge on any atom is -0.489 e. The van der Waals surface area contributed by atoms with Crippen molar-refractivity contribution >= 4 is 23.8 Å². The highest BCUT2D eigenvalue weighted by molar-refractivity contribution is 6.30. The Kier molecular flexibility index (Phi) is 10.1. The molecule has 0 aliphatic heterocycles. The molecule has 0 unspecified atom stereocenters. The highest BCUT2D eigenvalue weighted by Crippen LogP contribution is 2.26. The molecular weight excluding hydrogens is 556 g/mol. The van der Waals surface area contributed by atoms with Gasteiger partial charge in [0.1, 0.15) is 18.0 Å². The molecule has 2 N–H and O–H groups in total. The van der Waals surface area contributed by atoms with Crippen molar-refractivity contribution in [1.29, 1.82) is 0 Å². The van der Waals surface area contributed by atoms with Gasteiger partial charge in [0.15, 0.2) is 0 Å². The van der Waals surface area contributed by atoms with Crippen LogP contribution in [0, 0.1) is 6.92 Å². The van der Waals surface area contributed by atoms with Crippen LogP contribution < -0.4 is 20.1 Å². The molecule has 0 spiro atoms. The smallest absolute Gasteiger partial charge is 0.414 e. The summed E-state index contributed by atoms with van der Waals surface area (Å²) in [5.41, 5.74) is 3.86. The molecule has 0 bridgehead atoms. The van der Waals surface area contributed by atoms with Gasteiger partial charge in [0.05, 0.1) is 6.54 Å². The summed E-state index contributed by atoms with van der Waals surface area (Å²) in [4.78, 5) is 24.4. The first-order chi connectivity index (χ1) is 20.0. The minimum absolute atomic E-state index is 0.175. The molecule has 10 heteroatoms. The first-order valence-corrected chi connectivity index (χ1v) is 13.9. The van der Waals surface area contributed by atoms with Crippen LogP contribution in [0.3, 0.4) is 0 Å². The van der Waals surface area contributed by atoms with Gasteiger partial charge in [-0.05, 0) is 62.6 Å². The Morgan fingerprint density at radius 3 is 2.21 bits per heavy atom. The highest BCUT2D eigenvalue weighted by Gasteiger charge is 2.16. The van der Waals surface area contributed by atoms with Crippen LogP contribution in [-0.2, 0) is 31.0 Å². The van der Waals surface area contributed by atoms with E-state index >= 15 is 0 Å². The van der Waals surface area contributed by atoms with Crippen molar-refractivity contribution in [2.24, 2.45) is 0 Å². The molecule has 42 heavy (non-hydrogen) atoms. The summed E-state index contributed by atoms with van der Waals surface area (Å²) >= 11 is 6.28. The number of rotatable bonds is 10. The average molecular weight is 591 g/mol. The van der Waals surface area contributed by atoms with Gasteiger partial charge in [-0.3, -0.25) is 4.68 Å². The molecule has 0 aliphatic rings. The highest BCUT2D eigenvalue weighted by atomic mass is 35.5. The maximum absolute atomic E-state index is 12.5. The van der Waals surface area contributed by atoms with E-state index in [0.29, 0.717) is 30.5 Å². The molecule has 1 aromatic heterocycles. The third-order valence-electron chi connectivity index (χ3n) is 6.00. The number of ether oxygens (including phenoxy) is 3. The Labute approximate surface area is 250 Å². The van der Waals surface area contributed by atoms with Crippen LogP contribution in [0.2, 0.25) is 5.02 Å². The maximum Gasteiger partial charge on any atom is 0.414 e. The van der Waals surface area contributed by atoms with E-state index in [1.165, 1.54) is 0 Å². The number of amides is 2. The molecule has 220 valence electrons. The van der Waals surface area contributed by atoms with Gasteiger partial charge in [-0.25, -0.2) is 9.59 Å². The van der Waals surface area contributed by atoms with E-state index in [0.717, 1.165) is 27.9 Å². The molecule has 2 amide bonds. The van der Waals surface area contributed by atoms with Gasteiger partial charge in [-0.2, -0.15) is 0 Å². The summed E-state index contributed by atoms with van der Waals surface area (Å²) in [5.74, 6) is 0.871. The summed E-state index contributed by atoms with van der Waals surface area (Å²) in [6.45, 7) is 8.64. The number of halogens is 1. The number of alkyl carbamates (subject to hydrolysis) is 1. The predicted octanol–water partition coefficient (Wildman–Crippen LogP) is 6.79. The molecule has 0 saturated heterocycles. The molecule has 0 aliphatic carbocycles. The standard InChI is InChI=1S/C32H35ClN4O5/c1-22-15-29(36-37(22)20-26-17-27(33)13-14-28(26)40-21-23-9-6-5-7-10-23)41-30(38)34-18-24-11-8-12-25(16-24)19-35-31(39)42-32(2,3)4/h5-17H,18-21H2,1-4H3,(H,34,38)(H,35,39). The first-order valence-electron chi connectivity index (χ1n) is 13.5. The Morgan fingerprint density at radius 2 is 1.52 bits per heavy atom. The van der Waals surface area contributed by atoms with Crippen molar-refractivity contribution in [3.05, 3.63) is 112 Å². The van der Waals surface area contributed by atoms with Crippen molar-refractivity contribution in [2.45, 2.75) is 59.5 Å². The summed E-state index contributed by atoms with van der Waals surface area (Å²) in [7, 11) is 0. The van der Waals surface area contributed by atoms with Crippen LogP contribution in [0.15, 0.2) is 78.9 Å². The molecule has 1 heterocycles. The zero-order valence-electron chi connectivity index (χ0n) is 24.1. The fourth-order valence-corrected chi connectivity index (χ4v) is 4.24. The van der Waals surface area contributed by atoms with E-state index in [-0.39, 0.29) is 12.4 Å². The lowest BCUT2D eigenvalue weighted by molar-refractivity contribution is 0.0523. The molecule has 0 radical (unpaired) electrons. The van der Waals surface area contributed by atoms with Crippen LogP contribution in [0.5, 0.6) is 11.6 Å². The Balaban J connectivity index is 1.31. The fraction of sp³-hybridized carbons (Fsp3) is 0.281. The number of aromatic nitrogens is 2. The number of carbonyl (C=O) groups is 2. The number of nitrogens with zero attached hydrogens (tertiary/aromatic N) is 2. The second kappa shape index (κ2) is 13.9. The van der Waals surface area contributed by atoms with E-state index < -0.39 is 17.8 Å². The Bertz CT molecular complexity index is 1520. The van der Waals surface area contributed by atoms with Gasteiger partial charge in [0.25, 0.3) is 0 Å². The lowest BCUT2D eigenvalue weighted by atomic mass is 10.1. The van der Waals surface area contributed by atoms with Crippen molar-refractivity contribution in [3.63, 3.8) is 0 Å². The largest absolute Gasteiger partial charge is 0.489 e. The molecule has 9 nitrogen and oxygen atoms in total. The number of benzene rings is 3. The van der Waals surface area contributed by atoms with Gasteiger partial charge < -0.3 is 24.8 Å². The SMILES string of the molecule is Cc1cc(OC(=O)NCc2cccc(CNC(=O)OC(C)(C)C)c2)nn1Cc1cc(Cl)ccc1OCc1ccccc1. The normalized spacial score (nSPS) is 11.1. The van der Waals surface area contributed by atoms with Gasteiger partial charge in [0.2, 0.25) is 5.88 Å². The van der Waals surface area contributed by atoms with Crippen LogP contribution in [0.25, 0.3) is 0 Å². The third kappa shape index (κ3) is 9.55. The molecule has 4 rings (SSSR count). The van der Waals surface area contributed by atoms with Crippen molar-refractivity contribution in [1.82, 2.24) is 20.4 Å². The number of hydrogen-bond acceptors (Lipinski definition) is 6. The summed E-state index contributed by atoms with van der Waals surface area (Å²) < 4.78 is 18.5. The minimum atomic E-state index is -0.633. The number of carbonyl (C=O) groups excluding carboxylic acids is 2.